The van der Waals surface area contributed by atoms with Crippen molar-refractivity contribution in [2.75, 3.05) is 18.0 Å². The van der Waals surface area contributed by atoms with Crippen LogP contribution in [-0.2, 0) is 0 Å². The number of rotatable bonds is 1. The fourth-order valence-electron chi connectivity index (χ4n) is 1.84. The first-order valence-corrected chi connectivity index (χ1v) is 5.86. The van der Waals surface area contributed by atoms with E-state index in [0.717, 1.165) is 29.9 Å². The monoisotopic (exact) mass is 271 g/mol. The summed E-state index contributed by atoms with van der Waals surface area (Å²) in [5.74, 6) is 1.23. The summed E-state index contributed by atoms with van der Waals surface area (Å²) in [4.78, 5) is 10.4. The molecule has 1 fully saturated rings. The van der Waals surface area contributed by atoms with E-state index in [-0.39, 0.29) is 6.10 Å². The van der Waals surface area contributed by atoms with E-state index in [9.17, 15) is 5.11 Å². The van der Waals surface area contributed by atoms with Crippen LogP contribution in [0.15, 0.2) is 17.0 Å². The van der Waals surface area contributed by atoms with Gasteiger partial charge in [0.05, 0.1) is 6.10 Å². The van der Waals surface area contributed by atoms with Gasteiger partial charge in [0.15, 0.2) is 0 Å². The van der Waals surface area contributed by atoms with Gasteiger partial charge in [-0.25, -0.2) is 9.97 Å². The highest BCUT2D eigenvalue weighted by atomic mass is 79.9. The molecule has 0 aromatic carbocycles. The van der Waals surface area contributed by atoms with Gasteiger partial charge in [-0.1, -0.05) is 6.92 Å². The molecular weight excluding hydrogens is 258 g/mol. The van der Waals surface area contributed by atoms with Gasteiger partial charge >= 0.3 is 0 Å². The quantitative estimate of drug-likeness (QED) is 0.786. The van der Waals surface area contributed by atoms with Gasteiger partial charge in [-0.2, -0.15) is 0 Å². The van der Waals surface area contributed by atoms with E-state index in [2.05, 4.69) is 37.7 Å². The second kappa shape index (κ2) is 4.45. The summed E-state index contributed by atoms with van der Waals surface area (Å²) in [7, 11) is 0. The molecule has 0 amide bonds. The number of halogens is 1. The molecule has 1 aliphatic heterocycles. The number of hydrogen-bond acceptors (Lipinski definition) is 4. The van der Waals surface area contributed by atoms with Gasteiger partial charge in [0.2, 0.25) is 0 Å². The summed E-state index contributed by atoms with van der Waals surface area (Å²) in [5, 5.41) is 9.63. The van der Waals surface area contributed by atoms with Crippen LogP contribution >= 0.6 is 15.9 Å². The molecule has 0 radical (unpaired) electrons. The number of anilines is 1. The molecular formula is C10H14BrN3O. The average Bonchev–Trinajstić information content (AvgIpc) is 2.22. The zero-order valence-corrected chi connectivity index (χ0v) is 10.2. The maximum Gasteiger partial charge on any atom is 0.133 e. The molecule has 1 aromatic heterocycles. The summed E-state index contributed by atoms with van der Waals surface area (Å²) in [6.45, 7) is 3.77. The lowest BCUT2D eigenvalue weighted by molar-refractivity contribution is 0.0969. The fraction of sp³-hybridized carbons (Fsp3) is 0.600. The van der Waals surface area contributed by atoms with Crippen molar-refractivity contribution in [3.63, 3.8) is 0 Å². The van der Waals surface area contributed by atoms with E-state index in [0.29, 0.717) is 5.92 Å². The Labute approximate surface area is 97.5 Å². The highest BCUT2D eigenvalue weighted by molar-refractivity contribution is 9.10. The van der Waals surface area contributed by atoms with Crippen LogP contribution in [0.25, 0.3) is 0 Å². The average molecular weight is 272 g/mol. The molecule has 1 saturated heterocycles. The molecule has 1 aromatic rings. The Morgan fingerprint density at radius 1 is 1.53 bits per heavy atom. The molecule has 0 saturated carbocycles. The van der Waals surface area contributed by atoms with E-state index in [1.54, 1.807) is 6.33 Å². The SMILES string of the molecule is CC1CN(c2cc(Br)ncn2)CCC1O. The molecule has 0 spiro atoms. The Kier molecular flexibility index (Phi) is 3.21. The maximum absolute atomic E-state index is 9.63. The Bertz CT molecular complexity index is 347. The minimum atomic E-state index is -0.175. The van der Waals surface area contributed by atoms with E-state index < -0.39 is 0 Å². The molecule has 1 aliphatic rings. The van der Waals surface area contributed by atoms with Crippen LogP contribution in [-0.4, -0.2) is 34.3 Å². The van der Waals surface area contributed by atoms with Gasteiger partial charge in [0, 0.05) is 19.2 Å². The Hall–Kier alpha value is -0.680. The summed E-state index contributed by atoms with van der Waals surface area (Å²) < 4.78 is 0.797. The lowest BCUT2D eigenvalue weighted by Crippen LogP contribution is -2.42. The van der Waals surface area contributed by atoms with Crippen molar-refractivity contribution in [2.24, 2.45) is 5.92 Å². The molecule has 2 rings (SSSR count). The molecule has 0 bridgehead atoms. The summed E-state index contributed by atoms with van der Waals surface area (Å²) >= 11 is 3.33. The summed E-state index contributed by atoms with van der Waals surface area (Å²) in [6.07, 6.45) is 2.18. The first kappa shape index (κ1) is 10.8. The Morgan fingerprint density at radius 2 is 2.33 bits per heavy atom. The number of piperidine rings is 1. The lowest BCUT2D eigenvalue weighted by Gasteiger charge is -2.35. The van der Waals surface area contributed by atoms with Crippen molar-refractivity contribution >= 4 is 21.7 Å². The normalized spacial score (nSPS) is 26.7. The smallest absolute Gasteiger partial charge is 0.133 e. The molecule has 2 atom stereocenters. The molecule has 2 heterocycles. The van der Waals surface area contributed by atoms with Crippen LogP contribution in [0.2, 0.25) is 0 Å². The number of nitrogens with zero attached hydrogens (tertiary/aromatic N) is 3. The summed E-state index contributed by atoms with van der Waals surface area (Å²) in [6, 6.07) is 1.91. The van der Waals surface area contributed by atoms with Crippen LogP contribution in [0, 0.1) is 5.92 Å². The van der Waals surface area contributed by atoms with Crippen molar-refractivity contribution < 1.29 is 5.11 Å². The molecule has 2 unspecified atom stereocenters. The van der Waals surface area contributed by atoms with Crippen molar-refractivity contribution in [1.29, 1.82) is 0 Å². The molecule has 5 heteroatoms. The van der Waals surface area contributed by atoms with Crippen LogP contribution in [0.3, 0.4) is 0 Å². The van der Waals surface area contributed by atoms with Gasteiger partial charge in [-0.05, 0) is 28.3 Å². The van der Waals surface area contributed by atoms with Gasteiger partial charge in [-0.3, -0.25) is 0 Å². The molecule has 0 aliphatic carbocycles. The van der Waals surface area contributed by atoms with Gasteiger partial charge in [0.25, 0.3) is 0 Å². The number of hydrogen-bond donors (Lipinski definition) is 1. The second-order valence-electron chi connectivity index (χ2n) is 3.98. The second-order valence-corrected chi connectivity index (χ2v) is 4.79. The molecule has 15 heavy (non-hydrogen) atoms. The largest absolute Gasteiger partial charge is 0.393 e. The highest BCUT2D eigenvalue weighted by Crippen LogP contribution is 2.22. The van der Waals surface area contributed by atoms with Crippen LogP contribution < -0.4 is 4.90 Å². The number of aromatic nitrogens is 2. The van der Waals surface area contributed by atoms with Crippen molar-refractivity contribution in [2.45, 2.75) is 19.4 Å². The molecule has 82 valence electrons. The zero-order valence-electron chi connectivity index (χ0n) is 8.60. The number of aliphatic hydroxyl groups is 1. The predicted octanol–water partition coefficient (Wildman–Crippen LogP) is 1.45. The first-order chi connectivity index (χ1) is 7.16. The van der Waals surface area contributed by atoms with E-state index in [1.165, 1.54) is 0 Å². The minimum absolute atomic E-state index is 0.175. The third-order valence-electron chi connectivity index (χ3n) is 2.80. The van der Waals surface area contributed by atoms with Crippen molar-refractivity contribution in [3.8, 4) is 0 Å². The Balaban J connectivity index is 2.12. The van der Waals surface area contributed by atoms with Gasteiger partial charge in [-0.15, -0.1) is 0 Å². The highest BCUT2D eigenvalue weighted by Gasteiger charge is 2.24. The Morgan fingerprint density at radius 3 is 3.00 bits per heavy atom. The lowest BCUT2D eigenvalue weighted by atomic mass is 9.97. The standard InChI is InChI=1S/C10H14BrN3O/c1-7-5-14(3-2-8(7)15)10-4-9(11)12-6-13-10/h4,6-8,15H,2-3,5H2,1H3. The fourth-order valence-corrected chi connectivity index (χ4v) is 2.13. The first-order valence-electron chi connectivity index (χ1n) is 5.07. The summed E-state index contributed by atoms with van der Waals surface area (Å²) in [5.41, 5.74) is 0. The maximum atomic E-state index is 9.63. The molecule has 4 nitrogen and oxygen atoms in total. The van der Waals surface area contributed by atoms with E-state index in [4.69, 9.17) is 0 Å². The van der Waals surface area contributed by atoms with Crippen LogP contribution in [0.4, 0.5) is 5.82 Å². The third-order valence-corrected chi connectivity index (χ3v) is 3.24. The topological polar surface area (TPSA) is 49.2 Å². The number of aliphatic hydroxyl groups excluding tert-OH is 1. The van der Waals surface area contributed by atoms with Crippen molar-refractivity contribution in [3.05, 3.63) is 17.0 Å². The van der Waals surface area contributed by atoms with Gasteiger partial charge < -0.3 is 10.0 Å². The van der Waals surface area contributed by atoms with E-state index >= 15 is 0 Å². The predicted molar refractivity (Wildman–Crippen MR) is 61.7 cm³/mol. The van der Waals surface area contributed by atoms with E-state index in [1.807, 2.05) is 6.07 Å². The van der Waals surface area contributed by atoms with Crippen LogP contribution in [0.1, 0.15) is 13.3 Å². The molecule has 1 N–H and O–H groups in total. The third kappa shape index (κ3) is 2.46. The van der Waals surface area contributed by atoms with Crippen molar-refractivity contribution in [1.82, 2.24) is 9.97 Å². The van der Waals surface area contributed by atoms with Crippen LogP contribution in [0.5, 0.6) is 0 Å². The minimum Gasteiger partial charge on any atom is -0.393 e. The van der Waals surface area contributed by atoms with Gasteiger partial charge in [0.1, 0.15) is 16.7 Å². The zero-order chi connectivity index (χ0) is 10.8.